The van der Waals surface area contributed by atoms with E-state index < -0.39 is 23.9 Å². The SMILES string of the molecule is COC(=O)c1c(C)[nH]c(C(=O)OC(C)C(=O)Nc2ccnn2C(C)C)c1C. The maximum Gasteiger partial charge on any atom is 0.355 e. The molecule has 0 saturated heterocycles. The summed E-state index contributed by atoms with van der Waals surface area (Å²) >= 11 is 0. The van der Waals surface area contributed by atoms with Crippen LogP contribution in [-0.4, -0.2) is 45.8 Å². The number of hydrogen-bond acceptors (Lipinski definition) is 6. The minimum absolute atomic E-state index is 0.0643. The largest absolute Gasteiger partial charge is 0.465 e. The molecule has 0 aliphatic carbocycles. The van der Waals surface area contributed by atoms with Gasteiger partial charge in [0.25, 0.3) is 5.91 Å². The van der Waals surface area contributed by atoms with Crippen molar-refractivity contribution < 1.29 is 23.9 Å². The standard InChI is InChI=1S/C18H24N4O5/c1-9(2)22-13(7-8-19-22)21-16(23)12(5)27-18(25)15-10(3)14(11(4)20-15)17(24)26-6/h7-9,12,20H,1-6H3,(H,21,23). The second-order valence-electron chi connectivity index (χ2n) is 6.41. The van der Waals surface area contributed by atoms with Crippen molar-refractivity contribution in [3.8, 4) is 0 Å². The normalized spacial score (nSPS) is 12.0. The molecule has 2 N–H and O–H groups in total. The average Bonchev–Trinajstić information content (AvgIpc) is 3.18. The Morgan fingerprint density at radius 3 is 2.44 bits per heavy atom. The zero-order chi connectivity index (χ0) is 20.3. The minimum Gasteiger partial charge on any atom is -0.465 e. The first-order valence-electron chi connectivity index (χ1n) is 8.50. The number of aryl methyl sites for hydroxylation is 1. The fourth-order valence-corrected chi connectivity index (χ4v) is 2.69. The Hall–Kier alpha value is -3.10. The summed E-state index contributed by atoms with van der Waals surface area (Å²) in [5, 5.41) is 6.82. The summed E-state index contributed by atoms with van der Waals surface area (Å²) in [5.41, 5.74) is 1.29. The highest BCUT2D eigenvalue weighted by molar-refractivity contribution is 6.00. The highest BCUT2D eigenvalue weighted by Gasteiger charge is 2.26. The van der Waals surface area contributed by atoms with Gasteiger partial charge in [-0.2, -0.15) is 5.10 Å². The summed E-state index contributed by atoms with van der Waals surface area (Å²) in [6.07, 6.45) is 0.531. The highest BCUT2D eigenvalue weighted by atomic mass is 16.5. The number of amides is 1. The molecule has 9 nitrogen and oxygen atoms in total. The molecular weight excluding hydrogens is 352 g/mol. The van der Waals surface area contributed by atoms with Crippen molar-refractivity contribution in [2.24, 2.45) is 0 Å². The van der Waals surface area contributed by atoms with E-state index in [1.54, 1.807) is 30.8 Å². The molecule has 0 aliphatic rings. The van der Waals surface area contributed by atoms with Crippen molar-refractivity contribution in [3.63, 3.8) is 0 Å². The Kier molecular flexibility index (Phi) is 6.04. The van der Waals surface area contributed by atoms with Gasteiger partial charge in [0.05, 0.1) is 18.9 Å². The number of anilines is 1. The summed E-state index contributed by atoms with van der Waals surface area (Å²) in [6, 6.07) is 1.72. The summed E-state index contributed by atoms with van der Waals surface area (Å²) in [4.78, 5) is 39.4. The van der Waals surface area contributed by atoms with Crippen LogP contribution in [0.4, 0.5) is 5.82 Å². The number of hydrogen-bond donors (Lipinski definition) is 2. The number of ether oxygens (including phenoxy) is 2. The molecule has 2 aromatic rings. The predicted octanol–water partition coefficient (Wildman–Crippen LogP) is 2.38. The Bertz CT molecular complexity index is 865. The zero-order valence-corrected chi connectivity index (χ0v) is 16.2. The molecule has 1 unspecified atom stereocenters. The van der Waals surface area contributed by atoms with Crippen LogP contribution in [-0.2, 0) is 14.3 Å². The summed E-state index contributed by atoms with van der Waals surface area (Å²) in [6.45, 7) is 8.59. The molecule has 2 heterocycles. The van der Waals surface area contributed by atoms with E-state index in [1.165, 1.54) is 14.0 Å². The Balaban J connectivity index is 2.10. The number of nitrogens with zero attached hydrogens (tertiary/aromatic N) is 2. The lowest BCUT2D eigenvalue weighted by Gasteiger charge is -2.15. The number of esters is 2. The third kappa shape index (κ3) is 4.18. The van der Waals surface area contributed by atoms with Gasteiger partial charge in [-0.15, -0.1) is 0 Å². The van der Waals surface area contributed by atoms with E-state index in [2.05, 4.69) is 15.4 Å². The van der Waals surface area contributed by atoms with Crippen LogP contribution in [0.1, 0.15) is 58.9 Å². The number of rotatable bonds is 6. The molecule has 27 heavy (non-hydrogen) atoms. The van der Waals surface area contributed by atoms with Crippen LogP contribution in [0.5, 0.6) is 0 Å². The Morgan fingerprint density at radius 2 is 1.85 bits per heavy atom. The van der Waals surface area contributed by atoms with E-state index in [-0.39, 0.29) is 17.3 Å². The van der Waals surface area contributed by atoms with Gasteiger partial charge in [0.15, 0.2) is 6.10 Å². The number of methoxy groups -OCH3 is 1. The molecule has 0 fully saturated rings. The first-order valence-corrected chi connectivity index (χ1v) is 8.50. The molecule has 0 spiro atoms. The highest BCUT2D eigenvalue weighted by Crippen LogP contribution is 2.20. The number of carbonyl (C=O) groups is 3. The molecule has 9 heteroatoms. The second kappa shape index (κ2) is 8.07. The van der Waals surface area contributed by atoms with E-state index in [9.17, 15) is 14.4 Å². The van der Waals surface area contributed by atoms with Gasteiger partial charge < -0.3 is 19.8 Å². The predicted molar refractivity (Wildman–Crippen MR) is 97.7 cm³/mol. The molecule has 0 bridgehead atoms. The topological polar surface area (TPSA) is 115 Å². The number of aromatic amines is 1. The fraction of sp³-hybridized carbons (Fsp3) is 0.444. The van der Waals surface area contributed by atoms with Crippen molar-refractivity contribution in [1.29, 1.82) is 0 Å². The quantitative estimate of drug-likeness (QED) is 0.748. The van der Waals surface area contributed by atoms with Gasteiger partial charge in [-0.1, -0.05) is 0 Å². The number of H-pyrrole nitrogens is 1. The summed E-state index contributed by atoms with van der Waals surface area (Å²) in [7, 11) is 1.26. The zero-order valence-electron chi connectivity index (χ0n) is 16.2. The number of aromatic nitrogens is 3. The summed E-state index contributed by atoms with van der Waals surface area (Å²) in [5.74, 6) is -1.25. The molecule has 146 valence electrons. The molecule has 2 aromatic heterocycles. The maximum atomic E-state index is 12.4. The molecule has 0 saturated carbocycles. The third-order valence-electron chi connectivity index (χ3n) is 4.09. The first-order chi connectivity index (χ1) is 12.7. The molecule has 0 aliphatic heterocycles. The molecule has 1 atom stereocenters. The third-order valence-corrected chi connectivity index (χ3v) is 4.09. The lowest BCUT2D eigenvalue weighted by Crippen LogP contribution is -2.31. The van der Waals surface area contributed by atoms with Crippen molar-refractivity contribution in [3.05, 3.63) is 34.8 Å². The van der Waals surface area contributed by atoms with E-state index in [1.807, 2.05) is 13.8 Å². The average molecular weight is 376 g/mol. The van der Waals surface area contributed by atoms with Crippen molar-refractivity contribution in [2.75, 3.05) is 12.4 Å². The van der Waals surface area contributed by atoms with Gasteiger partial charge in [-0.05, 0) is 40.2 Å². The van der Waals surface area contributed by atoms with Crippen LogP contribution >= 0.6 is 0 Å². The van der Waals surface area contributed by atoms with Crippen molar-refractivity contribution in [1.82, 2.24) is 14.8 Å². The number of nitrogens with one attached hydrogen (secondary N) is 2. The van der Waals surface area contributed by atoms with Gasteiger partial charge in [0.1, 0.15) is 11.5 Å². The van der Waals surface area contributed by atoms with Gasteiger partial charge in [0, 0.05) is 17.8 Å². The van der Waals surface area contributed by atoms with Crippen molar-refractivity contribution >= 4 is 23.7 Å². The van der Waals surface area contributed by atoms with Gasteiger partial charge >= 0.3 is 11.9 Å². The van der Waals surface area contributed by atoms with Crippen LogP contribution in [0.3, 0.4) is 0 Å². The molecule has 0 radical (unpaired) electrons. The summed E-state index contributed by atoms with van der Waals surface area (Å²) < 4.78 is 11.6. The molecule has 1 amide bonds. The van der Waals surface area contributed by atoms with Crippen molar-refractivity contribution in [2.45, 2.75) is 46.8 Å². The van der Waals surface area contributed by atoms with Gasteiger partial charge in [-0.25, -0.2) is 14.3 Å². The minimum atomic E-state index is -1.04. The Labute approximate surface area is 157 Å². The van der Waals surface area contributed by atoms with Crippen LogP contribution in [0.25, 0.3) is 0 Å². The first kappa shape index (κ1) is 20.2. The lowest BCUT2D eigenvalue weighted by atomic mass is 10.1. The maximum absolute atomic E-state index is 12.4. The molecule has 2 rings (SSSR count). The second-order valence-corrected chi connectivity index (χ2v) is 6.41. The van der Waals surface area contributed by atoms with Gasteiger partial charge in [0.2, 0.25) is 0 Å². The van der Waals surface area contributed by atoms with E-state index in [4.69, 9.17) is 9.47 Å². The van der Waals surface area contributed by atoms with Crippen LogP contribution in [0.2, 0.25) is 0 Å². The molecular formula is C18H24N4O5. The Morgan fingerprint density at radius 1 is 1.19 bits per heavy atom. The molecule has 0 aromatic carbocycles. The van der Waals surface area contributed by atoms with Crippen LogP contribution in [0.15, 0.2) is 12.3 Å². The van der Waals surface area contributed by atoms with Gasteiger partial charge in [-0.3, -0.25) is 4.79 Å². The number of carbonyl (C=O) groups excluding carboxylic acids is 3. The van der Waals surface area contributed by atoms with Crippen LogP contribution in [0, 0.1) is 13.8 Å². The van der Waals surface area contributed by atoms with E-state index >= 15 is 0 Å². The fourth-order valence-electron chi connectivity index (χ4n) is 2.69. The monoisotopic (exact) mass is 376 g/mol. The van der Waals surface area contributed by atoms with Crippen LogP contribution < -0.4 is 5.32 Å². The van der Waals surface area contributed by atoms with E-state index in [0.29, 0.717) is 17.1 Å². The smallest absolute Gasteiger partial charge is 0.355 e. The van der Waals surface area contributed by atoms with E-state index in [0.717, 1.165) is 0 Å². The lowest BCUT2D eigenvalue weighted by molar-refractivity contribution is -0.123.